The molecule has 39 heavy (non-hydrogen) atoms. The second-order valence-corrected chi connectivity index (χ2v) is 11.7. The van der Waals surface area contributed by atoms with Crippen LogP contribution in [-0.2, 0) is 28.7 Å². The fraction of sp³-hybridized carbons (Fsp3) is 0.500. The third kappa shape index (κ3) is 5.55. The van der Waals surface area contributed by atoms with Crippen molar-refractivity contribution in [3.8, 4) is 0 Å². The highest BCUT2D eigenvalue weighted by Crippen LogP contribution is 2.47. The first-order valence-electron chi connectivity index (χ1n) is 13.8. The number of hydrogen-bond donors (Lipinski definition) is 1. The Hall–Kier alpha value is -3.32. The van der Waals surface area contributed by atoms with Crippen molar-refractivity contribution in [3.63, 3.8) is 0 Å². The molecule has 0 radical (unpaired) electrons. The van der Waals surface area contributed by atoms with Crippen LogP contribution in [0.2, 0.25) is 0 Å². The molecule has 2 aliphatic heterocycles. The van der Waals surface area contributed by atoms with Crippen LogP contribution in [0.3, 0.4) is 0 Å². The van der Waals surface area contributed by atoms with Gasteiger partial charge in [0.25, 0.3) is 0 Å². The van der Waals surface area contributed by atoms with Gasteiger partial charge in [-0.05, 0) is 68.2 Å². The quantitative estimate of drug-likeness (QED) is 0.202. The number of hydrogen-bond acceptors (Lipinski definition) is 7. The number of ether oxygens (including phenoxy) is 2. The van der Waals surface area contributed by atoms with Gasteiger partial charge in [-0.15, -0.1) is 0 Å². The van der Waals surface area contributed by atoms with Gasteiger partial charge in [0, 0.05) is 17.6 Å². The zero-order chi connectivity index (χ0) is 28.6. The van der Waals surface area contributed by atoms with Crippen molar-refractivity contribution in [2.45, 2.75) is 78.9 Å². The lowest BCUT2D eigenvalue weighted by Crippen LogP contribution is -2.41. The van der Waals surface area contributed by atoms with Crippen molar-refractivity contribution in [1.82, 2.24) is 0 Å². The molecule has 1 saturated carbocycles. The zero-order valence-corrected chi connectivity index (χ0v) is 23.6. The van der Waals surface area contributed by atoms with Crippen molar-refractivity contribution < 1.29 is 33.8 Å². The van der Waals surface area contributed by atoms with Gasteiger partial charge in [0.1, 0.15) is 17.1 Å². The number of ketones is 3. The maximum Gasteiger partial charge on any atom is 0.343 e. The van der Waals surface area contributed by atoms with Crippen LogP contribution in [0.15, 0.2) is 70.3 Å². The number of rotatable bonds is 8. The molecule has 1 N–H and O–H groups in total. The van der Waals surface area contributed by atoms with Gasteiger partial charge >= 0.3 is 5.97 Å². The zero-order valence-electron chi connectivity index (χ0n) is 23.6. The number of carbonyl (C=O) groups excluding carboxylic acids is 4. The van der Waals surface area contributed by atoms with Gasteiger partial charge in [0.05, 0.1) is 18.3 Å². The Kier molecular flexibility index (Phi) is 8.12. The van der Waals surface area contributed by atoms with Gasteiger partial charge in [-0.3, -0.25) is 14.4 Å². The Morgan fingerprint density at radius 1 is 1.21 bits per heavy atom. The van der Waals surface area contributed by atoms with Gasteiger partial charge < -0.3 is 14.6 Å². The third-order valence-corrected chi connectivity index (χ3v) is 8.24. The second-order valence-electron chi connectivity index (χ2n) is 11.7. The molecule has 6 atom stereocenters. The molecule has 0 saturated heterocycles. The summed E-state index contributed by atoms with van der Waals surface area (Å²) in [5, 5.41) is 9.95. The van der Waals surface area contributed by atoms with E-state index in [1.54, 1.807) is 12.2 Å². The molecule has 0 aromatic rings. The van der Waals surface area contributed by atoms with Crippen LogP contribution >= 0.6 is 0 Å². The molecule has 0 aromatic carbocycles. The van der Waals surface area contributed by atoms with Crippen molar-refractivity contribution in [2.24, 2.45) is 23.7 Å². The second kappa shape index (κ2) is 11.0. The Balaban J connectivity index is 1.64. The monoisotopic (exact) mass is 534 g/mol. The topological polar surface area (TPSA) is 107 Å². The largest absolute Gasteiger partial charge is 0.468 e. The van der Waals surface area contributed by atoms with Crippen molar-refractivity contribution in [1.29, 1.82) is 0 Å². The molecule has 208 valence electrons. The van der Waals surface area contributed by atoms with E-state index in [1.165, 1.54) is 25.3 Å². The van der Waals surface area contributed by atoms with Crippen LogP contribution in [0.25, 0.3) is 0 Å². The summed E-state index contributed by atoms with van der Waals surface area (Å²) in [6.45, 7) is 11.8. The maximum atomic E-state index is 13.3. The summed E-state index contributed by atoms with van der Waals surface area (Å²) in [5.41, 5.74) is 0.142. The number of fused-ring (bicyclic) bond motifs is 3. The van der Waals surface area contributed by atoms with E-state index in [4.69, 9.17) is 9.47 Å². The van der Waals surface area contributed by atoms with E-state index in [1.807, 2.05) is 13.8 Å². The molecular formula is C32H38O7. The first-order valence-corrected chi connectivity index (χ1v) is 13.8. The Morgan fingerprint density at radius 2 is 1.92 bits per heavy atom. The first-order chi connectivity index (χ1) is 18.3. The van der Waals surface area contributed by atoms with Gasteiger partial charge in [0.15, 0.2) is 11.4 Å². The van der Waals surface area contributed by atoms with Crippen LogP contribution < -0.4 is 0 Å². The van der Waals surface area contributed by atoms with Gasteiger partial charge in [-0.25, -0.2) is 4.79 Å². The van der Waals surface area contributed by atoms with Crippen LogP contribution in [0.4, 0.5) is 0 Å². The van der Waals surface area contributed by atoms with E-state index >= 15 is 0 Å². The number of allylic oxidation sites excluding steroid dienone is 7. The van der Waals surface area contributed by atoms with E-state index < -0.39 is 35.2 Å². The molecular weight excluding hydrogens is 496 g/mol. The smallest absolute Gasteiger partial charge is 0.343 e. The average Bonchev–Trinajstić information content (AvgIpc) is 3.13. The van der Waals surface area contributed by atoms with E-state index in [-0.39, 0.29) is 29.3 Å². The molecule has 0 amide bonds. The molecule has 2 heterocycles. The van der Waals surface area contributed by atoms with Crippen molar-refractivity contribution in [2.75, 3.05) is 0 Å². The Bertz CT molecular complexity index is 1290. The number of aliphatic hydroxyl groups is 1. The van der Waals surface area contributed by atoms with Crippen molar-refractivity contribution >= 4 is 23.3 Å². The molecule has 0 spiro atoms. The first kappa shape index (κ1) is 28.7. The van der Waals surface area contributed by atoms with E-state index in [9.17, 15) is 24.3 Å². The molecule has 4 rings (SSSR count). The Morgan fingerprint density at radius 3 is 2.59 bits per heavy atom. The molecule has 2 aliphatic carbocycles. The Labute approximate surface area is 230 Å². The minimum atomic E-state index is -1.63. The van der Waals surface area contributed by atoms with Gasteiger partial charge in [-0.2, -0.15) is 0 Å². The minimum Gasteiger partial charge on any atom is -0.468 e. The standard InChI is InChI=1S/C32H38O7/c1-7-17(2)10-19(4)11-18(3)8-9-24(34)29-30-23-16-38-26(28-20(5)12-22(33)15-25(28)35)13-21(23)14-27(36)32(30,6)39-31(29)37/h8-9,11,13-14,16-17,19-20,22,28,33H,7,10,12,15H2,1-6H3/b9-8+,18-11?/t17?,19?,20-,22+,28+,32+/m0/s1. The molecule has 2 unspecified atom stereocenters. The van der Waals surface area contributed by atoms with Crippen LogP contribution in [0.5, 0.6) is 0 Å². The lowest BCUT2D eigenvalue weighted by molar-refractivity contribution is -0.152. The average molecular weight is 535 g/mol. The fourth-order valence-electron chi connectivity index (χ4n) is 6.07. The van der Waals surface area contributed by atoms with Crippen LogP contribution in [-0.4, -0.2) is 40.1 Å². The summed E-state index contributed by atoms with van der Waals surface area (Å²) in [7, 11) is 0. The summed E-state index contributed by atoms with van der Waals surface area (Å²) < 4.78 is 11.4. The van der Waals surface area contributed by atoms with Gasteiger partial charge in [-0.1, -0.05) is 51.8 Å². The number of aliphatic hydroxyl groups excluding tert-OH is 1. The lowest BCUT2D eigenvalue weighted by atomic mass is 9.73. The highest BCUT2D eigenvalue weighted by molar-refractivity contribution is 6.27. The predicted molar refractivity (Wildman–Crippen MR) is 146 cm³/mol. The summed E-state index contributed by atoms with van der Waals surface area (Å²) in [6.07, 6.45) is 11.5. The highest BCUT2D eigenvalue weighted by Gasteiger charge is 2.54. The predicted octanol–water partition coefficient (Wildman–Crippen LogP) is 5.03. The summed E-state index contributed by atoms with van der Waals surface area (Å²) in [5.74, 6) is -1.34. The van der Waals surface area contributed by atoms with E-state index in [0.29, 0.717) is 35.2 Å². The summed E-state index contributed by atoms with van der Waals surface area (Å²) >= 11 is 0. The molecule has 0 bridgehead atoms. The van der Waals surface area contributed by atoms with E-state index in [2.05, 4.69) is 26.8 Å². The molecule has 4 aliphatic rings. The molecule has 7 heteroatoms. The van der Waals surface area contributed by atoms with Crippen molar-refractivity contribution in [3.05, 3.63) is 70.3 Å². The third-order valence-electron chi connectivity index (χ3n) is 8.24. The summed E-state index contributed by atoms with van der Waals surface area (Å²) in [6, 6.07) is 0. The number of Topliss-reactive ketones (excluding diaryl/α,β-unsaturated/α-hetero) is 1. The van der Waals surface area contributed by atoms with Crippen LogP contribution in [0.1, 0.15) is 67.2 Å². The van der Waals surface area contributed by atoms with Crippen LogP contribution in [0, 0.1) is 23.7 Å². The van der Waals surface area contributed by atoms with Gasteiger partial charge in [0.2, 0.25) is 5.78 Å². The molecule has 1 fully saturated rings. The summed E-state index contributed by atoms with van der Waals surface area (Å²) in [4.78, 5) is 52.2. The lowest BCUT2D eigenvalue weighted by Gasteiger charge is -2.35. The SMILES string of the molecule is CCC(C)CC(C)C=C(C)/C=C/C(=O)C1=C2C3=COC([C@H]4C(=O)C[C@H](O)C[C@@H]4C)=CC3=CC(=O)[C@@]2(C)OC1=O. The minimum absolute atomic E-state index is 0.0467. The normalized spacial score (nSPS) is 30.6. The number of esters is 1. The molecule has 7 nitrogen and oxygen atoms in total. The van der Waals surface area contributed by atoms with E-state index in [0.717, 1.165) is 18.4 Å². The maximum absolute atomic E-state index is 13.3. The fourth-order valence-corrected chi connectivity index (χ4v) is 6.07. The highest BCUT2D eigenvalue weighted by atomic mass is 16.6. The number of carbonyl (C=O) groups is 4. The molecule has 0 aromatic heterocycles.